The molecular weight excluding hydrogens is 222 g/mol. The highest BCUT2D eigenvalue weighted by Gasteiger charge is 2.54. The summed E-state index contributed by atoms with van der Waals surface area (Å²) in [6, 6.07) is 8.96. The minimum Gasteiger partial charge on any atom is -0.381 e. The number of nitrogens with two attached hydrogens (primary N) is 1. The van der Waals surface area contributed by atoms with Gasteiger partial charge in [0.15, 0.2) is 0 Å². The largest absolute Gasteiger partial charge is 0.381 e. The molecule has 1 aliphatic carbocycles. The lowest BCUT2D eigenvalue weighted by molar-refractivity contribution is -0.0714. The highest BCUT2D eigenvalue weighted by atomic mass is 16.5. The normalized spacial score (nSPS) is 24.8. The van der Waals surface area contributed by atoms with E-state index in [0.717, 1.165) is 19.8 Å². The maximum absolute atomic E-state index is 6.10. The van der Waals surface area contributed by atoms with Crippen LogP contribution in [-0.4, -0.2) is 19.8 Å². The van der Waals surface area contributed by atoms with Crippen molar-refractivity contribution in [2.24, 2.45) is 11.1 Å². The van der Waals surface area contributed by atoms with Gasteiger partial charge in [0.25, 0.3) is 0 Å². The van der Waals surface area contributed by atoms with Crippen LogP contribution in [0.5, 0.6) is 0 Å². The molecule has 2 heteroatoms. The Morgan fingerprint density at radius 2 is 1.72 bits per heavy atom. The van der Waals surface area contributed by atoms with E-state index in [-0.39, 0.29) is 5.41 Å². The SMILES string of the molecule is Cc1ccc(C2(CN)CC3(CCOCC3)C2)cc1. The van der Waals surface area contributed by atoms with Crippen molar-refractivity contribution in [3.8, 4) is 0 Å². The van der Waals surface area contributed by atoms with Gasteiger partial charge in [-0.2, -0.15) is 0 Å². The molecule has 98 valence electrons. The molecule has 2 nitrogen and oxygen atoms in total. The maximum Gasteiger partial charge on any atom is 0.0471 e. The van der Waals surface area contributed by atoms with Crippen LogP contribution in [-0.2, 0) is 10.2 Å². The van der Waals surface area contributed by atoms with E-state index in [2.05, 4.69) is 31.2 Å². The Hall–Kier alpha value is -0.860. The molecule has 1 spiro atoms. The second-order valence-electron chi connectivity index (χ2n) is 6.32. The zero-order valence-corrected chi connectivity index (χ0v) is 11.2. The summed E-state index contributed by atoms with van der Waals surface area (Å²) in [5.41, 5.74) is 9.63. The number of aryl methyl sites for hydroxylation is 1. The second kappa shape index (κ2) is 4.36. The first-order chi connectivity index (χ1) is 8.68. The molecule has 2 N–H and O–H groups in total. The third-order valence-corrected chi connectivity index (χ3v) is 5.03. The van der Waals surface area contributed by atoms with E-state index in [0.29, 0.717) is 5.41 Å². The third kappa shape index (κ3) is 1.88. The Labute approximate surface area is 110 Å². The molecule has 0 radical (unpaired) electrons. The van der Waals surface area contributed by atoms with Crippen molar-refractivity contribution in [3.63, 3.8) is 0 Å². The number of benzene rings is 1. The zero-order valence-electron chi connectivity index (χ0n) is 11.2. The lowest BCUT2D eigenvalue weighted by Gasteiger charge is -2.58. The molecule has 0 amide bonds. The predicted molar refractivity (Wildman–Crippen MR) is 73.6 cm³/mol. The van der Waals surface area contributed by atoms with Gasteiger partial charge in [-0.3, -0.25) is 0 Å². The molecule has 1 aromatic carbocycles. The standard InChI is InChI=1S/C16H23NO/c1-13-2-4-14(5-3-13)16(12-17)10-15(11-16)6-8-18-9-7-15/h2-5H,6-12,17H2,1H3. The molecule has 2 aliphatic rings. The quantitative estimate of drug-likeness (QED) is 0.869. The Balaban J connectivity index is 1.79. The Morgan fingerprint density at radius 1 is 1.11 bits per heavy atom. The first-order valence-corrected chi connectivity index (χ1v) is 7.03. The first kappa shape index (κ1) is 12.2. The van der Waals surface area contributed by atoms with Gasteiger partial charge in [0, 0.05) is 25.2 Å². The number of hydrogen-bond donors (Lipinski definition) is 1. The van der Waals surface area contributed by atoms with E-state index in [1.807, 2.05) is 0 Å². The average molecular weight is 245 g/mol. The highest BCUT2D eigenvalue weighted by Crippen LogP contribution is 2.59. The van der Waals surface area contributed by atoms with Crippen LogP contribution in [0.2, 0.25) is 0 Å². The molecule has 0 atom stereocenters. The molecule has 0 aromatic heterocycles. The molecule has 1 heterocycles. The average Bonchev–Trinajstić information content (AvgIpc) is 2.37. The van der Waals surface area contributed by atoms with Crippen molar-refractivity contribution in [2.75, 3.05) is 19.8 Å². The fourth-order valence-electron chi connectivity index (χ4n) is 3.92. The molecule has 1 saturated heterocycles. The lowest BCUT2D eigenvalue weighted by atomic mass is 9.48. The molecule has 18 heavy (non-hydrogen) atoms. The first-order valence-electron chi connectivity index (χ1n) is 7.03. The van der Waals surface area contributed by atoms with Gasteiger partial charge in [-0.1, -0.05) is 29.8 Å². The van der Waals surface area contributed by atoms with E-state index >= 15 is 0 Å². The number of hydrogen-bond acceptors (Lipinski definition) is 2. The number of rotatable bonds is 2. The third-order valence-electron chi connectivity index (χ3n) is 5.03. The van der Waals surface area contributed by atoms with Crippen molar-refractivity contribution in [3.05, 3.63) is 35.4 Å². The Kier molecular flexibility index (Phi) is 2.95. The van der Waals surface area contributed by atoms with Crippen molar-refractivity contribution >= 4 is 0 Å². The summed E-state index contributed by atoms with van der Waals surface area (Å²) in [6.07, 6.45) is 4.95. The molecule has 1 aromatic rings. The van der Waals surface area contributed by atoms with Gasteiger partial charge in [0.2, 0.25) is 0 Å². The predicted octanol–water partition coefficient (Wildman–Crippen LogP) is 2.78. The second-order valence-corrected chi connectivity index (χ2v) is 6.32. The fourth-order valence-corrected chi connectivity index (χ4v) is 3.92. The van der Waals surface area contributed by atoms with Crippen molar-refractivity contribution < 1.29 is 4.74 Å². The smallest absolute Gasteiger partial charge is 0.0471 e. The van der Waals surface area contributed by atoms with Gasteiger partial charge in [0.1, 0.15) is 0 Å². The van der Waals surface area contributed by atoms with Crippen LogP contribution in [0.3, 0.4) is 0 Å². The summed E-state index contributed by atoms with van der Waals surface area (Å²) in [4.78, 5) is 0. The molecular formula is C16H23NO. The number of ether oxygens (including phenoxy) is 1. The van der Waals surface area contributed by atoms with Gasteiger partial charge in [-0.25, -0.2) is 0 Å². The summed E-state index contributed by atoms with van der Waals surface area (Å²) < 4.78 is 5.49. The van der Waals surface area contributed by atoms with Crippen LogP contribution in [0.15, 0.2) is 24.3 Å². The fraction of sp³-hybridized carbons (Fsp3) is 0.625. The van der Waals surface area contributed by atoms with Crippen molar-refractivity contribution in [2.45, 2.75) is 38.0 Å². The molecule has 0 bridgehead atoms. The van der Waals surface area contributed by atoms with E-state index < -0.39 is 0 Å². The highest BCUT2D eigenvalue weighted by molar-refractivity contribution is 5.33. The van der Waals surface area contributed by atoms with Crippen LogP contribution >= 0.6 is 0 Å². The molecule has 0 unspecified atom stereocenters. The van der Waals surface area contributed by atoms with Crippen LogP contribution in [0.4, 0.5) is 0 Å². The molecule has 2 fully saturated rings. The minimum absolute atomic E-state index is 0.241. The summed E-state index contributed by atoms with van der Waals surface area (Å²) in [5.74, 6) is 0. The Morgan fingerprint density at radius 3 is 2.28 bits per heavy atom. The maximum atomic E-state index is 6.10. The minimum atomic E-state index is 0.241. The van der Waals surface area contributed by atoms with Crippen molar-refractivity contribution in [1.82, 2.24) is 0 Å². The van der Waals surface area contributed by atoms with E-state index in [4.69, 9.17) is 10.5 Å². The van der Waals surface area contributed by atoms with Gasteiger partial charge in [-0.15, -0.1) is 0 Å². The van der Waals surface area contributed by atoms with Crippen LogP contribution < -0.4 is 5.73 Å². The Bertz CT molecular complexity index is 409. The van der Waals surface area contributed by atoms with Gasteiger partial charge < -0.3 is 10.5 Å². The molecule has 1 saturated carbocycles. The van der Waals surface area contributed by atoms with E-state index in [1.54, 1.807) is 0 Å². The topological polar surface area (TPSA) is 35.2 Å². The van der Waals surface area contributed by atoms with Crippen molar-refractivity contribution in [1.29, 1.82) is 0 Å². The summed E-state index contributed by atoms with van der Waals surface area (Å²) in [7, 11) is 0. The van der Waals surface area contributed by atoms with Gasteiger partial charge in [-0.05, 0) is 43.6 Å². The van der Waals surface area contributed by atoms with Crippen LogP contribution in [0, 0.1) is 12.3 Å². The van der Waals surface area contributed by atoms with Crippen LogP contribution in [0.25, 0.3) is 0 Å². The summed E-state index contributed by atoms with van der Waals surface area (Å²) >= 11 is 0. The van der Waals surface area contributed by atoms with E-state index in [9.17, 15) is 0 Å². The lowest BCUT2D eigenvalue weighted by Crippen LogP contribution is -2.55. The molecule has 1 aliphatic heterocycles. The van der Waals surface area contributed by atoms with Gasteiger partial charge in [0.05, 0.1) is 0 Å². The van der Waals surface area contributed by atoms with E-state index in [1.165, 1.54) is 36.8 Å². The summed E-state index contributed by atoms with van der Waals surface area (Å²) in [5, 5.41) is 0. The monoisotopic (exact) mass is 245 g/mol. The zero-order chi connectivity index (χ0) is 12.6. The van der Waals surface area contributed by atoms with Crippen LogP contribution in [0.1, 0.15) is 36.8 Å². The summed E-state index contributed by atoms with van der Waals surface area (Å²) in [6.45, 7) is 4.79. The molecule has 3 rings (SSSR count). The van der Waals surface area contributed by atoms with Gasteiger partial charge >= 0.3 is 0 Å².